The van der Waals surface area contributed by atoms with E-state index in [0.717, 1.165) is 12.8 Å². The molecule has 0 bridgehead atoms. The summed E-state index contributed by atoms with van der Waals surface area (Å²) in [4.78, 5) is 0. The Morgan fingerprint density at radius 2 is 1.00 bits per heavy atom. The van der Waals surface area contributed by atoms with Gasteiger partial charge in [0.05, 0.1) is 0 Å². The lowest BCUT2D eigenvalue weighted by Crippen LogP contribution is -1.99. The minimum absolute atomic E-state index is 0.0477. The van der Waals surface area contributed by atoms with E-state index in [2.05, 4.69) is 30.8 Å². The van der Waals surface area contributed by atoms with E-state index in [9.17, 15) is 0 Å². The van der Waals surface area contributed by atoms with Crippen molar-refractivity contribution in [1.82, 2.24) is 0 Å². The highest BCUT2D eigenvalue weighted by molar-refractivity contribution is 5.07. The quantitative estimate of drug-likeness (QED) is 0.125. The summed E-state index contributed by atoms with van der Waals surface area (Å²) in [5, 5.41) is 3.70. The minimum Gasteiger partial charge on any atom is -0.209 e. The van der Waals surface area contributed by atoms with Gasteiger partial charge < -0.3 is 0 Å². The predicted octanol–water partition coefficient (Wildman–Crippen LogP) is 9.23. The van der Waals surface area contributed by atoms with Gasteiger partial charge in [0.25, 0.3) is 0 Å². The molecule has 0 unspecified atom stereocenters. The molecule has 0 spiro atoms. The van der Waals surface area contributed by atoms with Gasteiger partial charge >= 0.3 is 0 Å². The van der Waals surface area contributed by atoms with Crippen molar-refractivity contribution in [1.29, 1.82) is 5.53 Å². The van der Waals surface area contributed by atoms with Gasteiger partial charge in [-0.3, -0.25) is 0 Å². The van der Waals surface area contributed by atoms with Crippen LogP contribution in [-0.4, -0.2) is 6.04 Å². The molecule has 2 nitrogen and oxygen atoms in total. The largest absolute Gasteiger partial charge is 0.209 e. The molecule has 0 amide bonds. The Kier molecular flexibility index (Phi) is 22.5. The molecule has 0 fully saturated rings. The molecule has 0 saturated heterocycles. The lowest BCUT2D eigenvalue weighted by molar-refractivity contribution is 0.545. The van der Waals surface area contributed by atoms with Crippen molar-refractivity contribution >= 4 is 0 Å². The summed E-state index contributed by atoms with van der Waals surface area (Å²) in [6.45, 7) is 4.53. The number of rotatable bonds is 20. The van der Waals surface area contributed by atoms with Crippen LogP contribution in [0.3, 0.4) is 0 Å². The highest BCUT2D eigenvalue weighted by Crippen LogP contribution is 2.13. The van der Waals surface area contributed by atoms with Crippen LogP contribution in [0.25, 0.3) is 0 Å². The third-order valence-electron chi connectivity index (χ3n) is 5.41. The first-order valence-corrected chi connectivity index (χ1v) is 12.2. The summed E-state index contributed by atoms with van der Waals surface area (Å²) in [5.41, 5.74) is 7.30. The second-order valence-electron chi connectivity index (χ2n) is 8.16. The fourth-order valence-electron chi connectivity index (χ4n) is 3.53. The number of nitrogens with one attached hydrogen (secondary N) is 1. The summed E-state index contributed by atoms with van der Waals surface area (Å²) < 4.78 is 0. The molecule has 1 atom stereocenters. The second-order valence-corrected chi connectivity index (χ2v) is 8.16. The predicted molar refractivity (Wildman–Crippen MR) is 120 cm³/mol. The van der Waals surface area contributed by atoms with Gasteiger partial charge in [0.2, 0.25) is 0 Å². The summed E-state index contributed by atoms with van der Waals surface area (Å²) in [6.07, 6.45) is 26.4. The zero-order valence-corrected chi connectivity index (χ0v) is 18.7. The maximum absolute atomic E-state index is 7.30. The van der Waals surface area contributed by atoms with Crippen molar-refractivity contribution in [3.8, 4) is 11.8 Å². The molecule has 0 radical (unpaired) electrons. The Morgan fingerprint density at radius 3 is 1.44 bits per heavy atom. The third kappa shape index (κ3) is 21.3. The average molecular weight is 377 g/mol. The van der Waals surface area contributed by atoms with Gasteiger partial charge in [-0.2, -0.15) is 5.11 Å². The number of hydrogen-bond acceptors (Lipinski definition) is 2. The Balaban J connectivity index is 3.39. The fourth-order valence-corrected chi connectivity index (χ4v) is 3.53. The Labute approximate surface area is 171 Å². The van der Waals surface area contributed by atoms with Gasteiger partial charge in [-0.25, -0.2) is 5.53 Å². The first-order valence-electron chi connectivity index (χ1n) is 12.2. The molecule has 1 N–H and O–H groups in total. The highest BCUT2D eigenvalue weighted by Gasteiger charge is 2.01. The average Bonchev–Trinajstić information content (AvgIpc) is 2.69. The van der Waals surface area contributed by atoms with Crippen molar-refractivity contribution in [3.63, 3.8) is 0 Å². The van der Waals surface area contributed by atoms with E-state index in [0.29, 0.717) is 0 Å². The van der Waals surface area contributed by atoms with Crippen molar-refractivity contribution in [2.24, 2.45) is 5.11 Å². The number of hydrogen-bond donors (Lipinski definition) is 1. The summed E-state index contributed by atoms with van der Waals surface area (Å²) in [5.74, 6) is 6.48. The molecule has 27 heavy (non-hydrogen) atoms. The zero-order chi connectivity index (χ0) is 19.8. The Morgan fingerprint density at radius 1 is 0.593 bits per heavy atom. The van der Waals surface area contributed by atoms with E-state index < -0.39 is 0 Å². The van der Waals surface area contributed by atoms with Crippen LogP contribution in [-0.2, 0) is 0 Å². The van der Waals surface area contributed by atoms with Crippen molar-refractivity contribution in [2.45, 2.75) is 148 Å². The molecule has 2 heteroatoms. The number of nitrogens with zero attached hydrogens (tertiary/aromatic N) is 1. The molecule has 0 aromatic heterocycles. The van der Waals surface area contributed by atoms with Gasteiger partial charge in [-0.15, -0.1) is 5.92 Å². The summed E-state index contributed by atoms with van der Waals surface area (Å²) in [7, 11) is 0. The van der Waals surface area contributed by atoms with Crippen LogP contribution in [0.2, 0.25) is 0 Å². The summed E-state index contributed by atoms with van der Waals surface area (Å²) >= 11 is 0. The van der Waals surface area contributed by atoms with Crippen LogP contribution in [0, 0.1) is 17.4 Å². The molecule has 0 aliphatic carbocycles. The molecular formula is C25H48N2. The van der Waals surface area contributed by atoms with Crippen LogP contribution >= 0.6 is 0 Å². The number of unbranched alkanes of at least 4 members (excludes halogenated alkanes) is 17. The second kappa shape index (κ2) is 23.2. The van der Waals surface area contributed by atoms with Crippen LogP contribution in [0.1, 0.15) is 142 Å². The molecule has 0 rings (SSSR count). The van der Waals surface area contributed by atoms with Gasteiger partial charge in [-0.05, 0) is 12.8 Å². The Bertz CT molecular complexity index is 353. The van der Waals surface area contributed by atoms with Crippen LogP contribution < -0.4 is 0 Å². The molecule has 0 aromatic carbocycles. The van der Waals surface area contributed by atoms with E-state index in [1.54, 1.807) is 0 Å². The SMILES string of the molecule is CCCCCCCCCCCCCCC#C[C@H](CCCCCCCC)N=N. The zero-order valence-electron chi connectivity index (χ0n) is 18.7. The molecule has 0 aliphatic rings. The van der Waals surface area contributed by atoms with E-state index in [1.807, 2.05) is 0 Å². The molecule has 158 valence electrons. The fraction of sp³-hybridized carbons (Fsp3) is 0.920. The molecule has 0 aromatic rings. The maximum Gasteiger partial charge on any atom is 0.131 e. The molecule has 0 heterocycles. The molecular weight excluding hydrogens is 328 g/mol. The normalized spacial score (nSPS) is 11.8. The molecule has 0 saturated carbocycles. The highest BCUT2D eigenvalue weighted by atomic mass is 15.0. The topological polar surface area (TPSA) is 36.2 Å². The standard InChI is InChI=1S/C25H48N2/c1-3-5-7-9-11-12-13-14-15-16-17-18-20-22-24-25(27-26)23-21-19-10-8-6-4-2/h25-26H,3-21,23H2,1-2H3/t25-/m0/s1. The monoisotopic (exact) mass is 376 g/mol. The van der Waals surface area contributed by atoms with Crippen molar-refractivity contribution < 1.29 is 0 Å². The van der Waals surface area contributed by atoms with Gasteiger partial charge in [0, 0.05) is 6.42 Å². The summed E-state index contributed by atoms with van der Waals surface area (Å²) in [6, 6.07) is -0.0477. The smallest absolute Gasteiger partial charge is 0.131 e. The van der Waals surface area contributed by atoms with Gasteiger partial charge in [-0.1, -0.05) is 129 Å². The van der Waals surface area contributed by atoms with Crippen molar-refractivity contribution in [2.75, 3.05) is 0 Å². The molecule has 0 aliphatic heterocycles. The van der Waals surface area contributed by atoms with E-state index >= 15 is 0 Å². The van der Waals surface area contributed by atoms with E-state index in [1.165, 1.54) is 116 Å². The van der Waals surface area contributed by atoms with Crippen molar-refractivity contribution in [3.05, 3.63) is 0 Å². The van der Waals surface area contributed by atoms with Gasteiger partial charge in [0.15, 0.2) is 0 Å². The van der Waals surface area contributed by atoms with E-state index in [4.69, 9.17) is 5.53 Å². The minimum atomic E-state index is -0.0477. The first-order chi connectivity index (χ1) is 13.3. The maximum atomic E-state index is 7.30. The van der Waals surface area contributed by atoms with Crippen LogP contribution in [0.15, 0.2) is 5.11 Å². The first kappa shape index (κ1) is 26.2. The third-order valence-corrected chi connectivity index (χ3v) is 5.41. The Hall–Kier alpha value is -0.840. The van der Waals surface area contributed by atoms with E-state index in [-0.39, 0.29) is 6.04 Å². The van der Waals surface area contributed by atoms with Crippen LogP contribution in [0.4, 0.5) is 0 Å². The van der Waals surface area contributed by atoms with Crippen LogP contribution in [0.5, 0.6) is 0 Å². The van der Waals surface area contributed by atoms with Gasteiger partial charge in [0.1, 0.15) is 6.04 Å². The lowest BCUT2D eigenvalue weighted by Gasteiger charge is -2.03. The lowest BCUT2D eigenvalue weighted by atomic mass is 10.0.